The molecule has 0 unspecified atom stereocenters. The second-order valence-electron chi connectivity index (χ2n) is 1.39. The fourth-order valence-corrected chi connectivity index (χ4v) is 0.665. The van der Waals surface area contributed by atoms with Crippen LogP contribution in [0.15, 0.2) is 12.2 Å². The van der Waals surface area contributed by atoms with Crippen LogP contribution in [0.3, 0.4) is 0 Å². The van der Waals surface area contributed by atoms with E-state index in [0.717, 1.165) is 11.5 Å². The van der Waals surface area contributed by atoms with E-state index in [1.807, 2.05) is 26.0 Å². The van der Waals surface area contributed by atoms with Crippen LogP contribution in [-0.4, -0.2) is 11.5 Å². The number of hydrogen-bond donors (Lipinski definition) is 1. The molecule has 0 aliphatic rings. The van der Waals surface area contributed by atoms with Crippen LogP contribution in [0.2, 0.25) is 0 Å². The second-order valence-corrected chi connectivity index (χ2v) is 1.83. The minimum absolute atomic E-state index is 0.815. The molecule has 0 aliphatic carbocycles. The highest BCUT2D eigenvalue weighted by atomic mass is 32.1. The smallest absolute Gasteiger partial charge is 0.0984 e. The minimum atomic E-state index is 0.815. The van der Waals surface area contributed by atoms with E-state index in [0.29, 0.717) is 0 Å². The van der Waals surface area contributed by atoms with Gasteiger partial charge in [-0.25, -0.2) is 0 Å². The van der Waals surface area contributed by atoms with Gasteiger partial charge in [0.1, 0.15) is 0 Å². The topological polar surface area (TPSA) is 12.0 Å². The molecule has 0 atom stereocenters. The van der Waals surface area contributed by atoms with Crippen molar-refractivity contribution in [2.24, 2.45) is 0 Å². The van der Waals surface area contributed by atoms with Crippen LogP contribution in [-0.2, 0) is 0 Å². The predicted octanol–water partition coefficient (Wildman–Crippen LogP) is 1.50. The molecule has 0 aromatic carbocycles. The molecular weight excluding hydrogens is 118 g/mol. The molecule has 8 heavy (non-hydrogen) atoms. The summed E-state index contributed by atoms with van der Waals surface area (Å²) in [5.41, 5.74) is 0. The van der Waals surface area contributed by atoms with Crippen molar-refractivity contribution in [3.63, 3.8) is 0 Å². The highest BCUT2D eigenvalue weighted by Gasteiger charge is 1.80. The third-order valence-electron chi connectivity index (χ3n) is 0.669. The first-order valence-corrected chi connectivity index (χ1v) is 3.12. The van der Waals surface area contributed by atoms with Gasteiger partial charge in [-0.1, -0.05) is 18.3 Å². The van der Waals surface area contributed by atoms with Crippen LogP contribution in [0.1, 0.15) is 13.8 Å². The maximum Gasteiger partial charge on any atom is 0.0984 e. The maximum atomic E-state index is 4.85. The lowest BCUT2D eigenvalue weighted by molar-refractivity contribution is 0.986. The predicted molar refractivity (Wildman–Crippen MR) is 41.1 cm³/mol. The van der Waals surface area contributed by atoms with Crippen LogP contribution in [0.4, 0.5) is 0 Å². The Hall–Kier alpha value is -0.370. The summed E-state index contributed by atoms with van der Waals surface area (Å²) < 4.78 is 0. The summed E-state index contributed by atoms with van der Waals surface area (Å²) >= 11 is 4.85. The zero-order valence-corrected chi connectivity index (χ0v) is 6.09. The fraction of sp³-hybridized carbons (Fsp3) is 0.500. The van der Waals surface area contributed by atoms with E-state index in [2.05, 4.69) is 5.32 Å². The van der Waals surface area contributed by atoms with Crippen molar-refractivity contribution >= 4 is 17.2 Å². The van der Waals surface area contributed by atoms with Crippen LogP contribution in [0, 0.1) is 0 Å². The largest absolute Gasteiger partial charge is 0.377 e. The van der Waals surface area contributed by atoms with Crippen molar-refractivity contribution in [2.75, 3.05) is 6.54 Å². The molecule has 0 spiro atoms. The molecule has 2 heteroatoms. The van der Waals surface area contributed by atoms with Gasteiger partial charge in [-0.3, -0.25) is 0 Å². The normalized spacial score (nSPS) is 9.75. The van der Waals surface area contributed by atoms with Crippen molar-refractivity contribution < 1.29 is 0 Å². The van der Waals surface area contributed by atoms with E-state index in [1.165, 1.54) is 0 Å². The first-order chi connectivity index (χ1) is 3.81. The van der Waals surface area contributed by atoms with Crippen LogP contribution in [0.25, 0.3) is 0 Å². The Morgan fingerprint density at radius 2 is 2.38 bits per heavy atom. The fourth-order valence-electron chi connectivity index (χ4n) is 0.385. The molecule has 0 bridgehead atoms. The third kappa shape index (κ3) is 3.81. The lowest BCUT2D eigenvalue weighted by Crippen LogP contribution is -2.17. The van der Waals surface area contributed by atoms with Gasteiger partial charge in [-0.15, -0.1) is 0 Å². The minimum Gasteiger partial charge on any atom is -0.377 e. The SMILES string of the molecule is C/C=C\C(=S)NCC. The second kappa shape index (κ2) is 4.78. The number of thiocarbonyl (C=S) groups is 1. The quantitative estimate of drug-likeness (QED) is 0.448. The Balaban J connectivity index is 3.33. The third-order valence-corrected chi connectivity index (χ3v) is 0.949. The zero-order chi connectivity index (χ0) is 6.41. The van der Waals surface area contributed by atoms with E-state index in [4.69, 9.17) is 12.2 Å². The molecule has 1 nitrogen and oxygen atoms in total. The standard InChI is InChI=1S/C6H11NS/c1-3-5-6(8)7-4-2/h3,5H,4H2,1-2H3,(H,7,8)/b5-3-. The van der Waals surface area contributed by atoms with Crippen molar-refractivity contribution in [3.05, 3.63) is 12.2 Å². The van der Waals surface area contributed by atoms with Gasteiger partial charge in [0.05, 0.1) is 4.99 Å². The molecule has 0 amide bonds. The Morgan fingerprint density at radius 3 is 2.75 bits per heavy atom. The highest BCUT2D eigenvalue weighted by Crippen LogP contribution is 1.74. The molecule has 0 aromatic rings. The van der Waals surface area contributed by atoms with Gasteiger partial charge in [0, 0.05) is 6.54 Å². The average molecular weight is 129 g/mol. The van der Waals surface area contributed by atoms with Crippen molar-refractivity contribution in [2.45, 2.75) is 13.8 Å². The molecule has 0 saturated heterocycles. The van der Waals surface area contributed by atoms with Gasteiger partial charge in [-0.2, -0.15) is 0 Å². The number of likely N-dealkylation sites (N-methyl/N-ethyl adjacent to an activating group) is 1. The number of rotatable bonds is 2. The molecule has 0 aliphatic heterocycles. The Bertz CT molecular complexity index is 96.7. The van der Waals surface area contributed by atoms with Gasteiger partial charge >= 0.3 is 0 Å². The van der Waals surface area contributed by atoms with Gasteiger partial charge in [0.2, 0.25) is 0 Å². The van der Waals surface area contributed by atoms with Gasteiger partial charge in [0.15, 0.2) is 0 Å². The molecule has 0 aromatic heterocycles. The van der Waals surface area contributed by atoms with Crippen LogP contribution < -0.4 is 5.32 Å². The summed E-state index contributed by atoms with van der Waals surface area (Å²) in [6.45, 7) is 4.88. The van der Waals surface area contributed by atoms with E-state index in [-0.39, 0.29) is 0 Å². The van der Waals surface area contributed by atoms with Crippen molar-refractivity contribution in [1.29, 1.82) is 0 Å². The van der Waals surface area contributed by atoms with E-state index in [9.17, 15) is 0 Å². The average Bonchev–Trinajstić information content (AvgIpc) is 1.68. The molecule has 1 N–H and O–H groups in total. The molecule has 0 heterocycles. The highest BCUT2D eigenvalue weighted by molar-refractivity contribution is 7.80. The van der Waals surface area contributed by atoms with E-state index < -0.39 is 0 Å². The molecule has 0 radical (unpaired) electrons. The van der Waals surface area contributed by atoms with Gasteiger partial charge < -0.3 is 5.32 Å². The van der Waals surface area contributed by atoms with E-state index >= 15 is 0 Å². The molecule has 0 fully saturated rings. The summed E-state index contributed by atoms with van der Waals surface area (Å²) in [6, 6.07) is 0. The summed E-state index contributed by atoms with van der Waals surface area (Å²) in [6.07, 6.45) is 3.80. The molecule has 46 valence electrons. The molecular formula is C6H11NS. The van der Waals surface area contributed by atoms with Crippen LogP contribution in [0.5, 0.6) is 0 Å². The first kappa shape index (κ1) is 7.63. The summed E-state index contributed by atoms with van der Waals surface area (Å²) in [7, 11) is 0. The lowest BCUT2D eigenvalue weighted by Gasteiger charge is -1.95. The number of allylic oxidation sites excluding steroid dienone is 1. The first-order valence-electron chi connectivity index (χ1n) is 2.71. The maximum absolute atomic E-state index is 4.85. The zero-order valence-electron chi connectivity index (χ0n) is 5.27. The summed E-state index contributed by atoms with van der Waals surface area (Å²) in [4.78, 5) is 0.815. The number of hydrogen-bond acceptors (Lipinski definition) is 1. The van der Waals surface area contributed by atoms with Crippen molar-refractivity contribution in [3.8, 4) is 0 Å². The van der Waals surface area contributed by atoms with Crippen molar-refractivity contribution in [1.82, 2.24) is 5.32 Å². The number of nitrogens with one attached hydrogen (secondary N) is 1. The van der Waals surface area contributed by atoms with Crippen LogP contribution >= 0.6 is 12.2 Å². The monoisotopic (exact) mass is 129 g/mol. The van der Waals surface area contributed by atoms with Gasteiger partial charge in [-0.05, 0) is 19.9 Å². The van der Waals surface area contributed by atoms with Gasteiger partial charge in [0.25, 0.3) is 0 Å². The Kier molecular flexibility index (Phi) is 4.56. The summed E-state index contributed by atoms with van der Waals surface area (Å²) in [5.74, 6) is 0. The molecule has 0 rings (SSSR count). The Labute approximate surface area is 55.8 Å². The Morgan fingerprint density at radius 1 is 1.75 bits per heavy atom. The molecule has 0 saturated carbocycles. The van der Waals surface area contributed by atoms with E-state index in [1.54, 1.807) is 0 Å². The summed E-state index contributed by atoms with van der Waals surface area (Å²) in [5, 5.41) is 2.99. The lowest BCUT2D eigenvalue weighted by atomic mass is 10.5.